The Balaban J connectivity index is 1.70. The van der Waals surface area contributed by atoms with E-state index in [2.05, 4.69) is 31.1 Å². The highest BCUT2D eigenvalue weighted by atomic mass is 79.9. The molecule has 4 nitrogen and oxygen atoms in total. The fraction of sp³-hybridized carbons (Fsp3) is 0.0833. The molecule has 0 saturated carbocycles. The standard InChI is InChI=1S/C12H8BrN3OS2/c13-9-3-1-8(2-4-9)11-16-15-10(17-11)7-19-12-14-5-6-18-12/h1-6H,7H2. The summed E-state index contributed by atoms with van der Waals surface area (Å²) in [5.41, 5.74) is 0.918. The number of nitrogens with zero attached hydrogens (tertiary/aromatic N) is 3. The Hall–Kier alpha value is -1.18. The van der Waals surface area contributed by atoms with Crippen LogP contribution in [-0.2, 0) is 5.75 Å². The van der Waals surface area contributed by atoms with Crippen molar-refractivity contribution < 1.29 is 4.42 Å². The highest BCUT2D eigenvalue weighted by Crippen LogP contribution is 2.26. The third-order valence-corrected chi connectivity index (χ3v) is 4.77. The predicted octanol–water partition coefficient (Wildman–Crippen LogP) is 4.25. The van der Waals surface area contributed by atoms with Gasteiger partial charge < -0.3 is 4.42 Å². The summed E-state index contributed by atoms with van der Waals surface area (Å²) >= 11 is 6.59. The molecule has 19 heavy (non-hydrogen) atoms. The van der Waals surface area contributed by atoms with E-state index in [1.807, 2.05) is 29.6 Å². The summed E-state index contributed by atoms with van der Waals surface area (Å²) in [7, 11) is 0. The molecule has 3 rings (SSSR count). The van der Waals surface area contributed by atoms with Gasteiger partial charge in [0.2, 0.25) is 11.8 Å². The molecule has 0 atom stereocenters. The van der Waals surface area contributed by atoms with Gasteiger partial charge in [0.1, 0.15) is 4.34 Å². The molecule has 0 unspecified atom stereocenters. The maximum atomic E-state index is 5.63. The van der Waals surface area contributed by atoms with Crippen LogP contribution in [0.1, 0.15) is 5.89 Å². The van der Waals surface area contributed by atoms with Gasteiger partial charge in [0.15, 0.2) is 0 Å². The summed E-state index contributed by atoms with van der Waals surface area (Å²) in [6.45, 7) is 0. The van der Waals surface area contributed by atoms with Crippen molar-refractivity contribution in [1.29, 1.82) is 0 Å². The Kier molecular flexibility index (Phi) is 3.95. The molecule has 0 saturated heterocycles. The van der Waals surface area contributed by atoms with Crippen LogP contribution in [0, 0.1) is 0 Å². The first-order valence-electron chi connectivity index (χ1n) is 5.42. The highest BCUT2D eigenvalue weighted by Gasteiger charge is 2.09. The fourth-order valence-electron chi connectivity index (χ4n) is 1.43. The Bertz CT molecular complexity index is 652. The topological polar surface area (TPSA) is 51.8 Å². The third kappa shape index (κ3) is 3.23. The van der Waals surface area contributed by atoms with Gasteiger partial charge in [-0.25, -0.2) is 4.98 Å². The maximum absolute atomic E-state index is 5.63. The maximum Gasteiger partial charge on any atom is 0.247 e. The van der Waals surface area contributed by atoms with Gasteiger partial charge in [0, 0.05) is 21.6 Å². The van der Waals surface area contributed by atoms with E-state index < -0.39 is 0 Å². The van der Waals surface area contributed by atoms with E-state index in [0.29, 0.717) is 17.5 Å². The number of halogens is 1. The summed E-state index contributed by atoms with van der Waals surface area (Å²) in [5.74, 6) is 1.79. The third-order valence-electron chi connectivity index (χ3n) is 2.29. The number of hydrogen-bond acceptors (Lipinski definition) is 6. The number of benzene rings is 1. The fourth-order valence-corrected chi connectivity index (χ4v) is 3.16. The van der Waals surface area contributed by atoms with Crippen LogP contribution >= 0.6 is 39.0 Å². The van der Waals surface area contributed by atoms with Crippen LogP contribution < -0.4 is 0 Å². The first-order valence-corrected chi connectivity index (χ1v) is 8.08. The van der Waals surface area contributed by atoms with Crippen LogP contribution in [0.4, 0.5) is 0 Å². The second-order valence-corrected chi connectivity index (χ2v) is 6.63. The number of thiazole rings is 1. The molecule has 2 aromatic heterocycles. The SMILES string of the molecule is Brc1ccc(-c2nnc(CSc3nccs3)o2)cc1. The predicted molar refractivity (Wildman–Crippen MR) is 79.1 cm³/mol. The molecule has 1 aromatic carbocycles. The Morgan fingerprint density at radius 2 is 2.05 bits per heavy atom. The molecule has 0 fully saturated rings. The van der Waals surface area contributed by atoms with Crippen molar-refractivity contribution in [2.75, 3.05) is 0 Å². The molecule has 0 bridgehead atoms. The molecule has 0 radical (unpaired) electrons. The largest absolute Gasteiger partial charge is 0.420 e. The Labute approximate surface area is 126 Å². The minimum atomic E-state index is 0.544. The van der Waals surface area contributed by atoms with Crippen molar-refractivity contribution in [3.8, 4) is 11.5 Å². The first-order chi connectivity index (χ1) is 9.31. The lowest BCUT2D eigenvalue weighted by atomic mass is 10.2. The van der Waals surface area contributed by atoms with E-state index in [-0.39, 0.29) is 0 Å². The molecule has 0 N–H and O–H groups in total. The number of hydrogen-bond donors (Lipinski definition) is 0. The lowest BCUT2D eigenvalue weighted by Crippen LogP contribution is -1.79. The molecule has 3 aromatic rings. The van der Waals surface area contributed by atoms with Gasteiger partial charge in [0.05, 0.1) is 5.75 Å². The zero-order valence-electron chi connectivity index (χ0n) is 9.62. The average molecular weight is 354 g/mol. The van der Waals surface area contributed by atoms with Crippen LogP contribution in [0.3, 0.4) is 0 Å². The molecular formula is C12H8BrN3OS2. The quantitative estimate of drug-likeness (QED) is 0.656. The van der Waals surface area contributed by atoms with Gasteiger partial charge in [-0.15, -0.1) is 21.5 Å². The van der Waals surface area contributed by atoms with Crippen LogP contribution in [0.2, 0.25) is 0 Å². The van der Waals surface area contributed by atoms with E-state index in [1.165, 1.54) is 0 Å². The monoisotopic (exact) mass is 353 g/mol. The van der Waals surface area contributed by atoms with Crippen molar-refractivity contribution in [2.24, 2.45) is 0 Å². The summed E-state index contributed by atoms with van der Waals surface area (Å²) < 4.78 is 7.65. The van der Waals surface area contributed by atoms with Gasteiger partial charge in [-0.3, -0.25) is 0 Å². The molecule has 0 spiro atoms. The van der Waals surface area contributed by atoms with Gasteiger partial charge in [-0.1, -0.05) is 27.7 Å². The molecule has 0 aliphatic carbocycles. The molecule has 0 amide bonds. The molecule has 96 valence electrons. The van der Waals surface area contributed by atoms with Crippen molar-refractivity contribution >= 4 is 39.0 Å². The number of rotatable bonds is 4. The van der Waals surface area contributed by atoms with Gasteiger partial charge in [-0.05, 0) is 24.3 Å². The lowest BCUT2D eigenvalue weighted by molar-refractivity contribution is 0.528. The first kappa shape index (κ1) is 12.8. The van der Waals surface area contributed by atoms with E-state index in [1.54, 1.807) is 29.3 Å². The molecular weight excluding hydrogens is 346 g/mol. The van der Waals surface area contributed by atoms with Crippen LogP contribution in [-0.4, -0.2) is 15.2 Å². The lowest BCUT2D eigenvalue weighted by Gasteiger charge is -1.94. The average Bonchev–Trinajstić information content (AvgIpc) is 3.09. The van der Waals surface area contributed by atoms with E-state index in [0.717, 1.165) is 14.4 Å². The second kappa shape index (κ2) is 5.85. The summed E-state index contributed by atoms with van der Waals surface area (Å²) in [5, 5.41) is 10.0. The Morgan fingerprint density at radius 3 is 2.79 bits per heavy atom. The number of thioether (sulfide) groups is 1. The summed E-state index contributed by atoms with van der Waals surface area (Å²) in [6, 6.07) is 7.78. The summed E-state index contributed by atoms with van der Waals surface area (Å²) in [4.78, 5) is 4.19. The van der Waals surface area contributed by atoms with Crippen molar-refractivity contribution in [2.45, 2.75) is 10.1 Å². The van der Waals surface area contributed by atoms with Crippen LogP contribution in [0.25, 0.3) is 11.5 Å². The molecule has 7 heteroatoms. The summed E-state index contributed by atoms with van der Waals surface area (Å²) in [6.07, 6.45) is 1.79. The highest BCUT2D eigenvalue weighted by molar-refractivity contribution is 9.10. The normalized spacial score (nSPS) is 10.8. The van der Waals surface area contributed by atoms with E-state index in [9.17, 15) is 0 Å². The molecule has 0 aliphatic rings. The van der Waals surface area contributed by atoms with Crippen molar-refractivity contribution in [3.63, 3.8) is 0 Å². The zero-order valence-corrected chi connectivity index (χ0v) is 12.8. The zero-order chi connectivity index (χ0) is 13.1. The molecule has 0 aliphatic heterocycles. The minimum Gasteiger partial charge on any atom is -0.420 e. The van der Waals surface area contributed by atoms with Gasteiger partial charge in [0.25, 0.3) is 0 Å². The van der Waals surface area contributed by atoms with E-state index in [4.69, 9.17) is 4.42 Å². The Morgan fingerprint density at radius 1 is 1.21 bits per heavy atom. The smallest absolute Gasteiger partial charge is 0.247 e. The van der Waals surface area contributed by atoms with Crippen molar-refractivity contribution in [1.82, 2.24) is 15.2 Å². The van der Waals surface area contributed by atoms with Crippen molar-refractivity contribution in [3.05, 3.63) is 46.2 Å². The molecule has 2 heterocycles. The second-order valence-electron chi connectivity index (χ2n) is 3.59. The van der Waals surface area contributed by atoms with E-state index >= 15 is 0 Å². The number of aromatic nitrogens is 3. The van der Waals surface area contributed by atoms with Gasteiger partial charge in [-0.2, -0.15) is 0 Å². The minimum absolute atomic E-state index is 0.544. The van der Waals surface area contributed by atoms with Crippen LogP contribution in [0.5, 0.6) is 0 Å². The van der Waals surface area contributed by atoms with Gasteiger partial charge >= 0.3 is 0 Å². The van der Waals surface area contributed by atoms with Crippen LogP contribution in [0.15, 0.2) is 49.1 Å².